The minimum Gasteiger partial charge on any atom is -0.332 e. The molecule has 6 nitrogen and oxygen atoms in total. The number of hydrogen-bond donors (Lipinski definition) is 2. The number of nitrogens with zero attached hydrogens (tertiary/aromatic N) is 1. The molecule has 0 atom stereocenters. The van der Waals surface area contributed by atoms with Crippen molar-refractivity contribution < 1.29 is 9.72 Å². The van der Waals surface area contributed by atoms with E-state index in [-0.39, 0.29) is 16.4 Å². The number of thiocarbonyl (C=S) groups is 1. The lowest BCUT2D eigenvalue weighted by molar-refractivity contribution is -0.385. The third kappa shape index (κ3) is 4.10. The van der Waals surface area contributed by atoms with Crippen molar-refractivity contribution in [2.45, 2.75) is 13.8 Å². The minimum absolute atomic E-state index is 0.0401. The molecule has 118 valence electrons. The maximum absolute atomic E-state index is 12.1. The van der Waals surface area contributed by atoms with Gasteiger partial charge in [0, 0.05) is 11.8 Å². The minimum atomic E-state index is -0.626. The highest BCUT2D eigenvalue weighted by molar-refractivity contribution is 7.80. The molecule has 0 aliphatic rings. The molecule has 0 aromatic heterocycles. The molecule has 0 spiro atoms. The first-order chi connectivity index (χ1) is 10.9. The Bertz CT molecular complexity index is 790. The van der Waals surface area contributed by atoms with Crippen LogP contribution in [0, 0.1) is 24.0 Å². The van der Waals surface area contributed by atoms with Crippen LogP contribution in [0.2, 0.25) is 0 Å². The predicted octanol–water partition coefficient (Wildman–Crippen LogP) is 3.34. The number of amides is 1. The summed E-state index contributed by atoms with van der Waals surface area (Å²) in [6.07, 6.45) is 0. The SMILES string of the molecule is Cc1ccc(NC(=S)NC(=O)c2ccccc2[N+](=O)[O-])cc1C. The molecule has 2 rings (SSSR count). The number of carbonyl (C=O) groups excluding carboxylic acids is 1. The number of benzene rings is 2. The molecular weight excluding hydrogens is 314 g/mol. The van der Waals surface area contributed by atoms with E-state index in [1.165, 1.54) is 18.2 Å². The number of para-hydroxylation sites is 1. The molecule has 0 unspecified atom stereocenters. The second-order valence-electron chi connectivity index (χ2n) is 4.98. The van der Waals surface area contributed by atoms with Crippen LogP contribution < -0.4 is 10.6 Å². The summed E-state index contributed by atoms with van der Waals surface area (Å²) in [6, 6.07) is 11.4. The molecule has 23 heavy (non-hydrogen) atoms. The van der Waals surface area contributed by atoms with E-state index in [4.69, 9.17) is 12.2 Å². The Labute approximate surface area is 138 Å². The molecule has 0 aliphatic carbocycles. The van der Waals surface area contributed by atoms with E-state index < -0.39 is 10.8 Å². The molecule has 2 N–H and O–H groups in total. The second kappa shape index (κ2) is 6.97. The van der Waals surface area contributed by atoms with Crippen molar-refractivity contribution in [3.63, 3.8) is 0 Å². The molecule has 0 aliphatic heterocycles. The lowest BCUT2D eigenvalue weighted by Gasteiger charge is -2.11. The maximum atomic E-state index is 12.1. The zero-order chi connectivity index (χ0) is 17.0. The monoisotopic (exact) mass is 329 g/mol. The lowest BCUT2D eigenvalue weighted by Crippen LogP contribution is -2.34. The fourth-order valence-corrected chi connectivity index (χ4v) is 2.19. The lowest BCUT2D eigenvalue weighted by atomic mass is 10.1. The summed E-state index contributed by atoms with van der Waals surface area (Å²) in [5, 5.41) is 16.4. The highest BCUT2D eigenvalue weighted by Crippen LogP contribution is 2.18. The summed E-state index contributed by atoms with van der Waals surface area (Å²) in [4.78, 5) is 22.5. The summed E-state index contributed by atoms with van der Waals surface area (Å²) in [5.74, 6) is -0.626. The van der Waals surface area contributed by atoms with Gasteiger partial charge in [-0.05, 0) is 55.4 Å². The van der Waals surface area contributed by atoms with Gasteiger partial charge in [0.1, 0.15) is 5.56 Å². The molecule has 0 heterocycles. The Hall–Kier alpha value is -2.80. The number of nitro benzene ring substituents is 1. The number of nitrogens with one attached hydrogen (secondary N) is 2. The number of hydrogen-bond acceptors (Lipinski definition) is 4. The van der Waals surface area contributed by atoms with Gasteiger partial charge in [-0.1, -0.05) is 18.2 Å². The first-order valence-corrected chi connectivity index (χ1v) is 7.22. The first kappa shape index (κ1) is 16.6. The summed E-state index contributed by atoms with van der Waals surface area (Å²) < 4.78 is 0. The fraction of sp³-hybridized carbons (Fsp3) is 0.125. The van der Waals surface area contributed by atoms with Crippen LogP contribution in [-0.4, -0.2) is 15.9 Å². The van der Waals surface area contributed by atoms with Crippen LogP contribution in [0.4, 0.5) is 11.4 Å². The average Bonchev–Trinajstić information content (AvgIpc) is 2.50. The van der Waals surface area contributed by atoms with Crippen LogP contribution in [0.5, 0.6) is 0 Å². The molecular formula is C16H15N3O3S. The van der Waals surface area contributed by atoms with E-state index in [1.807, 2.05) is 32.0 Å². The van der Waals surface area contributed by atoms with Crippen LogP contribution in [-0.2, 0) is 0 Å². The van der Waals surface area contributed by atoms with Gasteiger partial charge in [-0.25, -0.2) is 0 Å². The summed E-state index contributed by atoms with van der Waals surface area (Å²) in [6.45, 7) is 3.96. The van der Waals surface area contributed by atoms with Gasteiger partial charge in [0.15, 0.2) is 5.11 Å². The highest BCUT2D eigenvalue weighted by atomic mass is 32.1. The van der Waals surface area contributed by atoms with Crippen LogP contribution >= 0.6 is 12.2 Å². The number of anilines is 1. The summed E-state index contributed by atoms with van der Waals surface area (Å²) >= 11 is 5.08. The Morgan fingerprint density at radius 3 is 2.48 bits per heavy atom. The van der Waals surface area contributed by atoms with Crippen molar-refractivity contribution in [2.24, 2.45) is 0 Å². The van der Waals surface area contributed by atoms with Crippen molar-refractivity contribution in [2.75, 3.05) is 5.32 Å². The molecule has 0 saturated carbocycles. The zero-order valence-corrected chi connectivity index (χ0v) is 13.4. The van der Waals surface area contributed by atoms with Gasteiger partial charge in [-0.3, -0.25) is 20.2 Å². The molecule has 2 aromatic rings. The Morgan fingerprint density at radius 1 is 1.13 bits per heavy atom. The van der Waals surface area contributed by atoms with E-state index in [2.05, 4.69) is 10.6 Å². The number of rotatable bonds is 3. The summed E-state index contributed by atoms with van der Waals surface area (Å²) in [7, 11) is 0. The van der Waals surface area contributed by atoms with E-state index >= 15 is 0 Å². The molecule has 1 amide bonds. The van der Waals surface area contributed by atoms with Crippen molar-refractivity contribution in [1.82, 2.24) is 5.32 Å². The molecule has 0 bridgehead atoms. The fourth-order valence-electron chi connectivity index (χ4n) is 1.98. The van der Waals surface area contributed by atoms with Crippen LogP contribution in [0.15, 0.2) is 42.5 Å². The quantitative estimate of drug-likeness (QED) is 0.512. The van der Waals surface area contributed by atoms with Gasteiger partial charge < -0.3 is 5.32 Å². The molecule has 0 radical (unpaired) electrons. The zero-order valence-electron chi connectivity index (χ0n) is 12.6. The predicted molar refractivity (Wildman–Crippen MR) is 92.7 cm³/mol. The van der Waals surface area contributed by atoms with Crippen LogP contribution in [0.25, 0.3) is 0 Å². The normalized spacial score (nSPS) is 10.0. The highest BCUT2D eigenvalue weighted by Gasteiger charge is 2.19. The van der Waals surface area contributed by atoms with E-state index in [1.54, 1.807) is 6.07 Å². The van der Waals surface area contributed by atoms with Gasteiger partial charge >= 0.3 is 0 Å². The Kier molecular flexibility index (Phi) is 5.02. The standard InChI is InChI=1S/C16H15N3O3S/c1-10-7-8-12(9-11(10)2)17-16(23)18-15(20)13-5-3-4-6-14(13)19(21)22/h3-9H,1-2H3,(H2,17,18,20,23). The Balaban J connectivity index is 2.10. The van der Waals surface area contributed by atoms with Crippen molar-refractivity contribution in [1.29, 1.82) is 0 Å². The van der Waals surface area contributed by atoms with Gasteiger partial charge in [-0.2, -0.15) is 0 Å². The van der Waals surface area contributed by atoms with Gasteiger partial charge in [-0.15, -0.1) is 0 Å². The van der Waals surface area contributed by atoms with Gasteiger partial charge in [0.2, 0.25) is 0 Å². The van der Waals surface area contributed by atoms with Crippen LogP contribution in [0.3, 0.4) is 0 Å². The van der Waals surface area contributed by atoms with E-state index in [9.17, 15) is 14.9 Å². The van der Waals surface area contributed by atoms with Crippen LogP contribution in [0.1, 0.15) is 21.5 Å². The smallest absolute Gasteiger partial charge is 0.282 e. The largest absolute Gasteiger partial charge is 0.332 e. The molecule has 2 aromatic carbocycles. The third-order valence-electron chi connectivity index (χ3n) is 3.34. The number of aryl methyl sites for hydroxylation is 2. The van der Waals surface area contributed by atoms with E-state index in [0.29, 0.717) is 0 Å². The topological polar surface area (TPSA) is 84.3 Å². The van der Waals surface area contributed by atoms with E-state index in [0.717, 1.165) is 16.8 Å². The number of carbonyl (C=O) groups is 1. The number of nitro groups is 1. The van der Waals surface area contributed by atoms with Gasteiger partial charge in [0.05, 0.1) is 4.92 Å². The van der Waals surface area contributed by atoms with Crippen molar-refractivity contribution >= 4 is 34.6 Å². The Morgan fingerprint density at radius 2 is 1.83 bits per heavy atom. The van der Waals surface area contributed by atoms with Crippen molar-refractivity contribution in [3.05, 3.63) is 69.3 Å². The first-order valence-electron chi connectivity index (χ1n) is 6.81. The summed E-state index contributed by atoms with van der Waals surface area (Å²) in [5.41, 5.74) is 2.66. The second-order valence-corrected chi connectivity index (χ2v) is 5.39. The molecule has 0 saturated heterocycles. The third-order valence-corrected chi connectivity index (χ3v) is 3.54. The maximum Gasteiger partial charge on any atom is 0.282 e. The average molecular weight is 329 g/mol. The van der Waals surface area contributed by atoms with Gasteiger partial charge in [0.25, 0.3) is 11.6 Å². The molecule has 0 fully saturated rings. The van der Waals surface area contributed by atoms with Crippen molar-refractivity contribution in [3.8, 4) is 0 Å². The molecule has 7 heteroatoms.